The van der Waals surface area contributed by atoms with E-state index in [0.717, 1.165) is 25.1 Å². The van der Waals surface area contributed by atoms with Gasteiger partial charge in [-0.15, -0.1) is 0 Å². The minimum absolute atomic E-state index is 0.0365. The lowest BCUT2D eigenvalue weighted by molar-refractivity contribution is -0.121. The molecule has 1 aliphatic rings. The number of nitrogen functional groups attached to an aromatic ring is 1. The molecule has 0 saturated heterocycles. The summed E-state index contributed by atoms with van der Waals surface area (Å²) in [4.78, 5) is 3.30. The van der Waals surface area contributed by atoms with Crippen LogP contribution in [0.3, 0.4) is 0 Å². The SMILES string of the molecule is Nc1cc(S(=O)(=O)NCC(F)(F)F)cnc1OCC1CC1. The molecule has 10 heteroatoms. The normalized spacial score (nSPS) is 16.0. The van der Waals surface area contributed by atoms with Crippen molar-refractivity contribution in [3.05, 3.63) is 12.3 Å². The van der Waals surface area contributed by atoms with Crippen molar-refractivity contribution >= 4 is 15.7 Å². The third kappa shape index (κ3) is 4.74. The maximum atomic E-state index is 12.0. The Hall–Kier alpha value is -1.55. The number of sulfonamides is 1. The number of hydrogen-bond donors (Lipinski definition) is 2. The zero-order valence-corrected chi connectivity index (χ0v) is 11.7. The van der Waals surface area contributed by atoms with Gasteiger partial charge >= 0.3 is 6.18 Å². The summed E-state index contributed by atoms with van der Waals surface area (Å²) in [6.45, 7) is -1.22. The lowest BCUT2D eigenvalue weighted by Crippen LogP contribution is -2.33. The van der Waals surface area contributed by atoms with Gasteiger partial charge in [-0.1, -0.05) is 0 Å². The van der Waals surface area contributed by atoms with Crippen LogP contribution in [0.4, 0.5) is 18.9 Å². The number of halogens is 3. The minimum atomic E-state index is -4.64. The van der Waals surface area contributed by atoms with Crippen molar-refractivity contribution < 1.29 is 26.3 Å². The van der Waals surface area contributed by atoms with E-state index in [0.29, 0.717) is 12.5 Å². The van der Waals surface area contributed by atoms with Crippen LogP contribution in [-0.2, 0) is 10.0 Å². The maximum absolute atomic E-state index is 12.0. The summed E-state index contributed by atoms with van der Waals surface area (Å²) in [5.41, 5.74) is 5.57. The zero-order chi connectivity index (χ0) is 15.7. The second-order valence-electron chi connectivity index (χ2n) is 4.76. The Morgan fingerprint density at radius 2 is 2.10 bits per heavy atom. The molecule has 0 aliphatic heterocycles. The summed E-state index contributed by atoms with van der Waals surface area (Å²) in [7, 11) is -4.32. The monoisotopic (exact) mass is 325 g/mol. The fourth-order valence-electron chi connectivity index (χ4n) is 1.46. The van der Waals surface area contributed by atoms with Gasteiger partial charge in [0.15, 0.2) is 0 Å². The van der Waals surface area contributed by atoms with Crippen LogP contribution in [0.2, 0.25) is 0 Å². The van der Waals surface area contributed by atoms with Crippen molar-refractivity contribution in [3.8, 4) is 5.88 Å². The smallest absolute Gasteiger partial charge is 0.402 e. The standard InChI is InChI=1S/C11H14F3N3O3S/c12-11(13,14)6-17-21(18,19)8-3-9(15)10(16-4-8)20-5-7-1-2-7/h3-4,7,17H,1-2,5-6,15H2. The Morgan fingerprint density at radius 3 is 2.62 bits per heavy atom. The molecule has 0 unspecified atom stereocenters. The van der Waals surface area contributed by atoms with E-state index in [1.807, 2.05) is 0 Å². The van der Waals surface area contributed by atoms with Gasteiger partial charge in [0.2, 0.25) is 15.9 Å². The second kappa shape index (κ2) is 5.68. The summed E-state index contributed by atoms with van der Waals surface area (Å²) in [5, 5.41) is 0. The fourth-order valence-corrected chi connectivity index (χ4v) is 2.45. The molecule has 118 valence electrons. The molecule has 6 nitrogen and oxygen atoms in total. The topological polar surface area (TPSA) is 94.3 Å². The van der Waals surface area contributed by atoms with Gasteiger partial charge in [0.05, 0.1) is 18.5 Å². The summed E-state index contributed by atoms with van der Waals surface area (Å²) >= 11 is 0. The maximum Gasteiger partial charge on any atom is 0.402 e. The summed E-state index contributed by atoms with van der Waals surface area (Å²) in [6.07, 6.45) is -1.60. The van der Waals surface area contributed by atoms with Crippen LogP contribution in [0.1, 0.15) is 12.8 Å². The van der Waals surface area contributed by atoms with E-state index in [1.54, 1.807) is 0 Å². The van der Waals surface area contributed by atoms with Gasteiger partial charge in [-0.25, -0.2) is 18.1 Å². The minimum Gasteiger partial charge on any atom is -0.476 e. The Morgan fingerprint density at radius 1 is 1.43 bits per heavy atom. The van der Waals surface area contributed by atoms with E-state index in [1.165, 1.54) is 4.72 Å². The molecule has 0 spiro atoms. The van der Waals surface area contributed by atoms with Crippen molar-refractivity contribution in [2.45, 2.75) is 23.9 Å². The van der Waals surface area contributed by atoms with E-state index in [-0.39, 0.29) is 11.6 Å². The number of alkyl halides is 3. The summed E-state index contributed by atoms with van der Waals surface area (Å²) in [6, 6.07) is 1.02. The highest BCUT2D eigenvalue weighted by Gasteiger charge is 2.30. The van der Waals surface area contributed by atoms with Crippen molar-refractivity contribution in [1.29, 1.82) is 0 Å². The molecule has 1 aliphatic carbocycles. The van der Waals surface area contributed by atoms with Crippen LogP contribution < -0.4 is 15.2 Å². The second-order valence-corrected chi connectivity index (χ2v) is 6.53. The highest BCUT2D eigenvalue weighted by molar-refractivity contribution is 7.89. The van der Waals surface area contributed by atoms with Gasteiger partial charge in [-0.3, -0.25) is 0 Å². The Balaban J connectivity index is 2.06. The van der Waals surface area contributed by atoms with E-state index in [2.05, 4.69) is 4.98 Å². The van der Waals surface area contributed by atoms with Gasteiger partial charge < -0.3 is 10.5 Å². The lowest BCUT2D eigenvalue weighted by atomic mass is 10.4. The van der Waals surface area contributed by atoms with Crippen LogP contribution in [0.15, 0.2) is 17.2 Å². The number of nitrogens with one attached hydrogen (secondary N) is 1. The first kappa shape index (κ1) is 15.8. The van der Waals surface area contributed by atoms with E-state index in [9.17, 15) is 21.6 Å². The average Bonchev–Trinajstić information content (AvgIpc) is 3.18. The number of rotatable bonds is 6. The van der Waals surface area contributed by atoms with E-state index in [4.69, 9.17) is 10.5 Å². The zero-order valence-electron chi connectivity index (χ0n) is 10.9. The number of pyridine rings is 1. The Kier molecular flexibility index (Phi) is 4.28. The molecule has 0 atom stereocenters. The molecule has 2 rings (SSSR count). The average molecular weight is 325 g/mol. The van der Waals surface area contributed by atoms with Crippen molar-refractivity contribution in [3.63, 3.8) is 0 Å². The molecule has 0 aromatic carbocycles. The molecule has 1 aromatic heterocycles. The fraction of sp³-hybridized carbons (Fsp3) is 0.545. The molecule has 1 aromatic rings. The predicted octanol–water partition coefficient (Wildman–Crippen LogP) is 1.29. The number of aromatic nitrogens is 1. The van der Waals surface area contributed by atoms with Gasteiger partial charge in [0.25, 0.3) is 0 Å². The van der Waals surface area contributed by atoms with Crippen LogP contribution in [-0.4, -0.2) is 32.7 Å². The number of ether oxygens (including phenoxy) is 1. The quantitative estimate of drug-likeness (QED) is 0.822. The first-order valence-corrected chi connectivity index (χ1v) is 7.60. The van der Waals surface area contributed by atoms with Gasteiger partial charge in [0.1, 0.15) is 11.4 Å². The Labute approximate surface area is 119 Å². The number of nitrogens with two attached hydrogens (primary N) is 1. The van der Waals surface area contributed by atoms with Crippen molar-refractivity contribution in [2.24, 2.45) is 5.92 Å². The van der Waals surface area contributed by atoms with Crippen LogP contribution in [0.25, 0.3) is 0 Å². The molecule has 0 amide bonds. The van der Waals surface area contributed by atoms with Gasteiger partial charge in [-0.05, 0) is 24.8 Å². The first-order valence-electron chi connectivity index (χ1n) is 6.12. The number of nitrogens with zero attached hydrogens (tertiary/aromatic N) is 1. The molecule has 3 N–H and O–H groups in total. The molecule has 1 heterocycles. The van der Waals surface area contributed by atoms with Gasteiger partial charge in [0, 0.05) is 0 Å². The number of anilines is 1. The van der Waals surface area contributed by atoms with Crippen molar-refractivity contribution in [1.82, 2.24) is 9.71 Å². The van der Waals surface area contributed by atoms with E-state index < -0.39 is 27.6 Å². The van der Waals surface area contributed by atoms with Crippen molar-refractivity contribution in [2.75, 3.05) is 18.9 Å². The molecule has 0 bridgehead atoms. The molecular formula is C11H14F3N3O3S. The lowest BCUT2D eigenvalue weighted by Gasteiger charge is -2.11. The summed E-state index contributed by atoms with van der Waals surface area (Å²) in [5.74, 6) is 0.541. The molecule has 1 fully saturated rings. The van der Waals surface area contributed by atoms with Crippen LogP contribution in [0.5, 0.6) is 5.88 Å². The molecular weight excluding hydrogens is 311 g/mol. The molecule has 1 saturated carbocycles. The van der Waals surface area contributed by atoms with Gasteiger partial charge in [-0.2, -0.15) is 13.2 Å². The highest BCUT2D eigenvalue weighted by Crippen LogP contribution is 2.30. The summed E-state index contributed by atoms with van der Waals surface area (Å²) < 4.78 is 66.2. The largest absolute Gasteiger partial charge is 0.476 e. The third-order valence-corrected chi connectivity index (χ3v) is 4.15. The van der Waals surface area contributed by atoms with Crippen LogP contribution >= 0.6 is 0 Å². The Bertz CT molecular complexity index is 615. The predicted molar refractivity (Wildman–Crippen MR) is 68.1 cm³/mol. The first-order chi connectivity index (χ1) is 9.67. The van der Waals surface area contributed by atoms with Crippen LogP contribution in [0, 0.1) is 5.92 Å². The number of hydrogen-bond acceptors (Lipinski definition) is 5. The third-order valence-electron chi connectivity index (χ3n) is 2.78. The highest BCUT2D eigenvalue weighted by atomic mass is 32.2. The molecule has 0 radical (unpaired) electrons. The van der Waals surface area contributed by atoms with E-state index >= 15 is 0 Å². The molecule has 21 heavy (non-hydrogen) atoms.